The van der Waals surface area contributed by atoms with Crippen LogP contribution < -0.4 is 10.6 Å². The minimum atomic E-state index is 0.220. The van der Waals surface area contributed by atoms with E-state index in [0.717, 1.165) is 25.9 Å². The smallest absolute Gasteiger partial charge is 0.220 e. The molecule has 2 N–H and O–H groups in total. The van der Waals surface area contributed by atoms with Gasteiger partial charge in [0.25, 0.3) is 0 Å². The van der Waals surface area contributed by atoms with Gasteiger partial charge < -0.3 is 10.6 Å². The van der Waals surface area contributed by atoms with E-state index in [-0.39, 0.29) is 5.91 Å². The van der Waals surface area contributed by atoms with Crippen molar-refractivity contribution in [2.75, 3.05) is 13.1 Å². The van der Waals surface area contributed by atoms with Crippen LogP contribution in [0.3, 0.4) is 0 Å². The van der Waals surface area contributed by atoms with Crippen LogP contribution in [0.2, 0.25) is 0 Å². The first-order valence-electron chi connectivity index (χ1n) is 6.22. The molecule has 1 aliphatic rings. The molecule has 1 aliphatic heterocycles. The van der Waals surface area contributed by atoms with Crippen molar-refractivity contribution in [3.05, 3.63) is 0 Å². The van der Waals surface area contributed by atoms with Crippen LogP contribution in [-0.2, 0) is 4.79 Å². The Balaban J connectivity index is 2.23. The highest BCUT2D eigenvalue weighted by molar-refractivity contribution is 5.76. The summed E-state index contributed by atoms with van der Waals surface area (Å²) in [4.78, 5) is 11.7. The van der Waals surface area contributed by atoms with Crippen LogP contribution >= 0.6 is 0 Å². The van der Waals surface area contributed by atoms with Gasteiger partial charge in [-0.15, -0.1) is 0 Å². The van der Waals surface area contributed by atoms with Gasteiger partial charge in [-0.2, -0.15) is 0 Å². The Morgan fingerprint density at radius 1 is 1.53 bits per heavy atom. The molecule has 15 heavy (non-hydrogen) atoms. The lowest BCUT2D eigenvalue weighted by Crippen LogP contribution is -2.41. The second kappa shape index (κ2) is 6.83. The number of hydrogen-bond acceptors (Lipinski definition) is 2. The standard InChI is InChI=1S/C12H24N2O/c1-3-10(2)8-12(15)14-11-6-4-5-7-13-9-11/h10-11,13H,3-9H2,1-2H3,(H,14,15). The molecule has 88 valence electrons. The Morgan fingerprint density at radius 3 is 3.07 bits per heavy atom. The largest absolute Gasteiger partial charge is 0.352 e. The van der Waals surface area contributed by atoms with Gasteiger partial charge in [-0.05, 0) is 25.3 Å². The molecule has 3 heteroatoms. The van der Waals surface area contributed by atoms with Crippen molar-refractivity contribution in [2.45, 2.75) is 52.0 Å². The van der Waals surface area contributed by atoms with Gasteiger partial charge in [-0.1, -0.05) is 26.7 Å². The summed E-state index contributed by atoms with van der Waals surface area (Å²) in [6, 6.07) is 0.351. The molecule has 1 fully saturated rings. The maximum atomic E-state index is 11.7. The van der Waals surface area contributed by atoms with E-state index in [1.165, 1.54) is 12.8 Å². The fourth-order valence-corrected chi connectivity index (χ4v) is 1.89. The summed E-state index contributed by atoms with van der Waals surface area (Å²) in [6.07, 6.45) is 5.33. The third kappa shape index (κ3) is 5.17. The second-order valence-electron chi connectivity index (χ2n) is 4.68. The van der Waals surface area contributed by atoms with Gasteiger partial charge in [0.2, 0.25) is 5.91 Å². The number of carbonyl (C=O) groups excluding carboxylic acids is 1. The minimum Gasteiger partial charge on any atom is -0.352 e. The maximum Gasteiger partial charge on any atom is 0.220 e. The summed E-state index contributed by atoms with van der Waals surface area (Å²) in [7, 11) is 0. The molecular weight excluding hydrogens is 188 g/mol. The van der Waals surface area contributed by atoms with E-state index in [0.29, 0.717) is 18.4 Å². The monoisotopic (exact) mass is 212 g/mol. The van der Waals surface area contributed by atoms with Crippen molar-refractivity contribution in [1.82, 2.24) is 10.6 Å². The van der Waals surface area contributed by atoms with Crippen molar-refractivity contribution in [3.63, 3.8) is 0 Å². The molecule has 3 nitrogen and oxygen atoms in total. The molecule has 2 atom stereocenters. The summed E-state index contributed by atoms with van der Waals surface area (Å²) < 4.78 is 0. The predicted molar refractivity (Wildman–Crippen MR) is 62.7 cm³/mol. The van der Waals surface area contributed by atoms with Gasteiger partial charge in [0, 0.05) is 19.0 Å². The van der Waals surface area contributed by atoms with Crippen molar-refractivity contribution in [1.29, 1.82) is 0 Å². The van der Waals surface area contributed by atoms with E-state index in [1.807, 2.05) is 0 Å². The lowest BCUT2D eigenvalue weighted by Gasteiger charge is -2.17. The molecule has 0 aromatic carbocycles. The van der Waals surface area contributed by atoms with Crippen LogP contribution in [-0.4, -0.2) is 25.0 Å². The van der Waals surface area contributed by atoms with Crippen molar-refractivity contribution in [2.24, 2.45) is 5.92 Å². The fourth-order valence-electron chi connectivity index (χ4n) is 1.89. The van der Waals surface area contributed by atoms with Crippen LogP contribution in [0.1, 0.15) is 46.0 Å². The highest BCUT2D eigenvalue weighted by Crippen LogP contribution is 2.08. The first-order valence-corrected chi connectivity index (χ1v) is 6.22. The van der Waals surface area contributed by atoms with Crippen LogP contribution in [0.4, 0.5) is 0 Å². The molecule has 0 aromatic rings. The SMILES string of the molecule is CCC(C)CC(=O)NC1CCCCNC1. The Bertz CT molecular complexity index is 186. The number of nitrogens with one attached hydrogen (secondary N) is 2. The molecule has 1 rings (SSSR count). The van der Waals surface area contributed by atoms with Gasteiger partial charge in [0.15, 0.2) is 0 Å². The maximum absolute atomic E-state index is 11.7. The van der Waals surface area contributed by atoms with Gasteiger partial charge in [0.05, 0.1) is 0 Å². The topological polar surface area (TPSA) is 41.1 Å². The second-order valence-corrected chi connectivity index (χ2v) is 4.68. The van der Waals surface area contributed by atoms with Crippen molar-refractivity contribution >= 4 is 5.91 Å². The summed E-state index contributed by atoms with van der Waals surface area (Å²) in [6.45, 7) is 6.29. The number of carbonyl (C=O) groups is 1. The van der Waals surface area contributed by atoms with Gasteiger partial charge in [0.1, 0.15) is 0 Å². The summed E-state index contributed by atoms with van der Waals surface area (Å²) in [5.74, 6) is 0.724. The molecular formula is C12H24N2O. The quantitative estimate of drug-likeness (QED) is 0.744. The summed E-state index contributed by atoms with van der Waals surface area (Å²) in [5.41, 5.74) is 0. The lowest BCUT2D eigenvalue weighted by molar-refractivity contribution is -0.122. The number of amides is 1. The van der Waals surface area contributed by atoms with Gasteiger partial charge in [-0.25, -0.2) is 0 Å². The zero-order chi connectivity index (χ0) is 11.1. The van der Waals surface area contributed by atoms with E-state index >= 15 is 0 Å². The summed E-state index contributed by atoms with van der Waals surface area (Å²) >= 11 is 0. The molecule has 2 unspecified atom stereocenters. The van der Waals surface area contributed by atoms with Gasteiger partial charge in [-0.3, -0.25) is 4.79 Å². The van der Waals surface area contributed by atoms with Crippen molar-refractivity contribution in [3.8, 4) is 0 Å². The van der Waals surface area contributed by atoms with E-state index < -0.39 is 0 Å². The Morgan fingerprint density at radius 2 is 2.33 bits per heavy atom. The van der Waals surface area contributed by atoms with Crippen LogP contribution in [0.15, 0.2) is 0 Å². The minimum absolute atomic E-state index is 0.220. The number of rotatable bonds is 4. The molecule has 0 aliphatic carbocycles. The molecule has 1 heterocycles. The normalized spacial score (nSPS) is 24.3. The van der Waals surface area contributed by atoms with Crippen LogP contribution in [0.5, 0.6) is 0 Å². The zero-order valence-electron chi connectivity index (χ0n) is 10.0. The van der Waals surface area contributed by atoms with E-state index in [9.17, 15) is 4.79 Å². The molecule has 1 saturated heterocycles. The predicted octanol–water partition coefficient (Wildman–Crippen LogP) is 1.68. The average molecular weight is 212 g/mol. The van der Waals surface area contributed by atoms with E-state index in [4.69, 9.17) is 0 Å². The Kier molecular flexibility index (Phi) is 5.69. The number of hydrogen-bond donors (Lipinski definition) is 2. The highest BCUT2D eigenvalue weighted by atomic mass is 16.1. The molecule has 0 bridgehead atoms. The first kappa shape index (κ1) is 12.5. The Hall–Kier alpha value is -0.570. The molecule has 0 spiro atoms. The molecule has 0 radical (unpaired) electrons. The van der Waals surface area contributed by atoms with E-state index in [1.54, 1.807) is 0 Å². The fraction of sp³-hybridized carbons (Fsp3) is 0.917. The first-order chi connectivity index (χ1) is 7.22. The third-order valence-electron chi connectivity index (χ3n) is 3.14. The summed E-state index contributed by atoms with van der Waals surface area (Å²) in [5, 5.41) is 6.48. The lowest BCUT2D eigenvalue weighted by atomic mass is 10.0. The molecule has 0 saturated carbocycles. The average Bonchev–Trinajstić information content (AvgIpc) is 2.46. The third-order valence-corrected chi connectivity index (χ3v) is 3.14. The molecule has 0 aromatic heterocycles. The van der Waals surface area contributed by atoms with Gasteiger partial charge >= 0.3 is 0 Å². The highest BCUT2D eigenvalue weighted by Gasteiger charge is 2.15. The zero-order valence-corrected chi connectivity index (χ0v) is 10.0. The molecule has 1 amide bonds. The van der Waals surface area contributed by atoms with Crippen molar-refractivity contribution < 1.29 is 4.79 Å². The van der Waals surface area contributed by atoms with E-state index in [2.05, 4.69) is 24.5 Å². The Labute approximate surface area is 93.0 Å². The van der Waals surface area contributed by atoms with Crippen LogP contribution in [0.25, 0.3) is 0 Å². The van der Waals surface area contributed by atoms with Crippen LogP contribution in [0, 0.1) is 5.92 Å².